The first-order chi connectivity index (χ1) is 5.72. The lowest BCUT2D eigenvalue weighted by molar-refractivity contribution is -0.152. The van der Waals surface area contributed by atoms with Gasteiger partial charge in [0.1, 0.15) is 13.2 Å². The molecule has 1 saturated heterocycles. The molecule has 1 aliphatic heterocycles. The first-order valence-electron chi connectivity index (χ1n) is 3.35. The number of hydrogen-bond acceptors (Lipinski definition) is 5. The molecule has 1 aliphatic rings. The van der Waals surface area contributed by atoms with Gasteiger partial charge in [-0.25, -0.2) is 9.59 Å². The normalized spacial score (nSPS) is 17.5. The Kier molecular flexibility index (Phi) is 2.68. The van der Waals surface area contributed by atoms with Gasteiger partial charge < -0.3 is 14.2 Å². The predicted molar refractivity (Wildman–Crippen MR) is 37.4 cm³/mol. The van der Waals surface area contributed by atoms with Crippen LogP contribution >= 0.6 is 0 Å². The summed E-state index contributed by atoms with van der Waals surface area (Å²) in [5.74, 6) is -0.554. The molecule has 0 amide bonds. The van der Waals surface area contributed by atoms with E-state index in [0.29, 0.717) is 0 Å². The molecule has 0 aromatic carbocycles. The molecule has 0 aromatic heterocycles. The molecule has 0 bridgehead atoms. The smallest absolute Gasteiger partial charge is 0.452 e. The van der Waals surface area contributed by atoms with Crippen LogP contribution in [0.25, 0.3) is 0 Å². The second-order valence-electron chi connectivity index (χ2n) is 2.14. The molecule has 5 heteroatoms. The molecule has 1 rings (SSSR count). The SMILES string of the molecule is C=CC(=O)OC1COC(=O)OC1. The van der Waals surface area contributed by atoms with Crippen LogP contribution in [0.5, 0.6) is 0 Å². The van der Waals surface area contributed by atoms with E-state index in [-0.39, 0.29) is 13.2 Å². The maximum absolute atomic E-state index is 10.6. The van der Waals surface area contributed by atoms with Gasteiger partial charge in [-0.15, -0.1) is 0 Å². The van der Waals surface area contributed by atoms with E-state index in [2.05, 4.69) is 16.1 Å². The molecule has 5 nitrogen and oxygen atoms in total. The van der Waals surface area contributed by atoms with Gasteiger partial charge in [-0.05, 0) is 0 Å². The summed E-state index contributed by atoms with van der Waals surface area (Å²) in [5.41, 5.74) is 0. The number of cyclic esters (lactones) is 2. The molecule has 66 valence electrons. The highest BCUT2D eigenvalue weighted by Crippen LogP contribution is 2.03. The third-order valence-electron chi connectivity index (χ3n) is 1.22. The van der Waals surface area contributed by atoms with Gasteiger partial charge in [-0.2, -0.15) is 0 Å². The fraction of sp³-hybridized carbons (Fsp3) is 0.429. The Balaban J connectivity index is 2.30. The summed E-state index contributed by atoms with van der Waals surface area (Å²) < 4.78 is 13.7. The van der Waals surface area contributed by atoms with Crippen molar-refractivity contribution in [1.82, 2.24) is 0 Å². The molecule has 0 unspecified atom stereocenters. The summed E-state index contributed by atoms with van der Waals surface area (Å²) in [6.45, 7) is 3.30. The van der Waals surface area contributed by atoms with Crippen molar-refractivity contribution in [1.29, 1.82) is 0 Å². The zero-order chi connectivity index (χ0) is 8.97. The molecule has 0 radical (unpaired) electrons. The molecule has 12 heavy (non-hydrogen) atoms. The molecule has 0 atom stereocenters. The van der Waals surface area contributed by atoms with Crippen molar-refractivity contribution in [2.24, 2.45) is 0 Å². The minimum Gasteiger partial charge on any atom is -0.452 e. The fourth-order valence-corrected chi connectivity index (χ4v) is 0.692. The van der Waals surface area contributed by atoms with E-state index in [4.69, 9.17) is 4.74 Å². The van der Waals surface area contributed by atoms with E-state index in [0.717, 1.165) is 6.08 Å². The topological polar surface area (TPSA) is 61.8 Å². The first kappa shape index (κ1) is 8.58. The highest BCUT2D eigenvalue weighted by atomic mass is 16.7. The van der Waals surface area contributed by atoms with Crippen LogP contribution in [0, 0.1) is 0 Å². The highest BCUT2D eigenvalue weighted by Gasteiger charge is 2.23. The quantitative estimate of drug-likeness (QED) is 0.441. The number of ether oxygens (including phenoxy) is 3. The Morgan fingerprint density at radius 2 is 2.17 bits per heavy atom. The zero-order valence-electron chi connectivity index (χ0n) is 6.32. The van der Waals surface area contributed by atoms with Crippen LogP contribution in [0.1, 0.15) is 0 Å². The van der Waals surface area contributed by atoms with E-state index < -0.39 is 18.2 Å². The van der Waals surface area contributed by atoms with Crippen molar-refractivity contribution < 1.29 is 23.8 Å². The van der Waals surface area contributed by atoms with Crippen LogP contribution in [0.3, 0.4) is 0 Å². The first-order valence-corrected chi connectivity index (χ1v) is 3.35. The van der Waals surface area contributed by atoms with Crippen LogP contribution in [0.15, 0.2) is 12.7 Å². The number of carbonyl (C=O) groups is 2. The maximum atomic E-state index is 10.6. The molecule has 0 saturated carbocycles. The van der Waals surface area contributed by atoms with Gasteiger partial charge in [0, 0.05) is 6.08 Å². The second-order valence-corrected chi connectivity index (χ2v) is 2.14. The Labute approximate surface area is 68.9 Å². The lowest BCUT2D eigenvalue weighted by atomic mass is 10.4. The molecular weight excluding hydrogens is 164 g/mol. The van der Waals surface area contributed by atoms with Gasteiger partial charge in [-0.3, -0.25) is 0 Å². The Hall–Kier alpha value is -1.52. The van der Waals surface area contributed by atoms with Crippen molar-refractivity contribution in [3.8, 4) is 0 Å². The van der Waals surface area contributed by atoms with Gasteiger partial charge in [0.2, 0.25) is 0 Å². The lowest BCUT2D eigenvalue weighted by Gasteiger charge is -2.20. The molecule has 1 heterocycles. The summed E-state index contributed by atoms with van der Waals surface area (Å²) in [4.78, 5) is 21.0. The molecule has 0 spiro atoms. The van der Waals surface area contributed by atoms with Crippen molar-refractivity contribution in [3.63, 3.8) is 0 Å². The van der Waals surface area contributed by atoms with Crippen molar-refractivity contribution in [3.05, 3.63) is 12.7 Å². The maximum Gasteiger partial charge on any atom is 0.508 e. The van der Waals surface area contributed by atoms with Crippen molar-refractivity contribution in [2.45, 2.75) is 6.10 Å². The fourth-order valence-electron chi connectivity index (χ4n) is 0.692. The van der Waals surface area contributed by atoms with Gasteiger partial charge in [-0.1, -0.05) is 6.58 Å². The highest BCUT2D eigenvalue weighted by molar-refractivity contribution is 5.81. The lowest BCUT2D eigenvalue weighted by Crippen LogP contribution is -2.35. The summed E-state index contributed by atoms with van der Waals surface area (Å²) in [6, 6.07) is 0. The molecular formula is C7H8O5. The second kappa shape index (κ2) is 3.75. The van der Waals surface area contributed by atoms with Crippen molar-refractivity contribution >= 4 is 12.1 Å². The van der Waals surface area contributed by atoms with E-state index in [1.807, 2.05) is 0 Å². The van der Waals surface area contributed by atoms with Gasteiger partial charge >= 0.3 is 12.1 Å². The Bertz CT molecular complexity index is 200. The largest absolute Gasteiger partial charge is 0.508 e. The van der Waals surface area contributed by atoms with Crippen LogP contribution in [0.2, 0.25) is 0 Å². The average Bonchev–Trinajstić information content (AvgIpc) is 2.09. The summed E-state index contributed by atoms with van der Waals surface area (Å²) >= 11 is 0. The van der Waals surface area contributed by atoms with Gasteiger partial charge in [0.25, 0.3) is 0 Å². The number of rotatable bonds is 2. The Morgan fingerprint density at radius 1 is 1.58 bits per heavy atom. The summed E-state index contributed by atoms with van der Waals surface area (Å²) in [5, 5.41) is 0. The summed E-state index contributed by atoms with van der Waals surface area (Å²) in [7, 11) is 0. The number of esters is 1. The van der Waals surface area contributed by atoms with Crippen LogP contribution in [-0.4, -0.2) is 31.4 Å². The molecule has 0 aromatic rings. The molecule has 1 fully saturated rings. The van der Waals surface area contributed by atoms with Gasteiger partial charge in [0.05, 0.1) is 0 Å². The van der Waals surface area contributed by atoms with E-state index in [1.165, 1.54) is 0 Å². The van der Waals surface area contributed by atoms with Crippen LogP contribution in [0.4, 0.5) is 4.79 Å². The van der Waals surface area contributed by atoms with Crippen LogP contribution < -0.4 is 0 Å². The standard InChI is InChI=1S/C7H8O5/c1-2-6(8)12-5-3-10-7(9)11-4-5/h2,5H,1,3-4H2. The van der Waals surface area contributed by atoms with E-state index in [9.17, 15) is 9.59 Å². The minimum absolute atomic E-state index is 0.0401. The van der Waals surface area contributed by atoms with E-state index >= 15 is 0 Å². The van der Waals surface area contributed by atoms with E-state index in [1.54, 1.807) is 0 Å². The number of carbonyl (C=O) groups excluding carboxylic acids is 2. The number of hydrogen-bond donors (Lipinski definition) is 0. The average molecular weight is 172 g/mol. The van der Waals surface area contributed by atoms with Crippen molar-refractivity contribution in [2.75, 3.05) is 13.2 Å². The van der Waals surface area contributed by atoms with Gasteiger partial charge in [0.15, 0.2) is 6.10 Å². The minimum atomic E-state index is -0.735. The molecule has 0 N–H and O–H groups in total. The zero-order valence-corrected chi connectivity index (χ0v) is 6.32. The Morgan fingerprint density at radius 3 is 2.67 bits per heavy atom. The predicted octanol–water partition coefficient (Wildman–Crippen LogP) is 0.251. The van der Waals surface area contributed by atoms with Crippen LogP contribution in [-0.2, 0) is 19.0 Å². The third-order valence-corrected chi connectivity index (χ3v) is 1.22. The summed E-state index contributed by atoms with van der Waals surface area (Å²) in [6.07, 6.45) is -0.217. The third kappa shape index (κ3) is 2.26. The monoisotopic (exact) mass is 172 g/mol. The molecule has 0 aliphatic carbocycles.